The van der Waals surface area contributed by atoms with Crippen LogP contribution < -0.4 is 0 Å². The molecule has 116 valence electrons. The summed E-state index contributed by atoms with van der Waals surface area (Å²) in [5.41, 5.74) is 1.45. The van der Waals surface area contributed by atoms with Crippen LogP contribution in [-0.4, -0.2) is 23.2 Å². The molecular formula is C15H15ClIN3O2. The molecule has 0 heterocycles. The molecule has 0 aromatic heterocycles. The minimum atomic E-state index is -0.389. The van der Waals surface area contributed by atoms with Gasteiger partial charge in [0.2, 0.25) is 6.20 Å². The highest BCUT2D eigenvalue weighted by atomic mass is 127. The molecule has 22 heavy (non-hydrogen) atoms. The van der Waals surface area contributed by atoms with E-state index in [1.807, 2.05) is 34.7 Å². The Labute approximate surface area is 148 Å². The normalized spacial score (nSPS) is 13.6. The third kappa shape index (κ3) is 7.43. The third-order valence-corrected chi connectivity index (χ3v) is 3.20. The molecule has 1 atom stereocenters. The van der Waals surface area contributed by atoms with Gasteiger partial charge in [-0.1, -0.05) is 33.8 Å². The lowest BCUT2D eigenvalue weighted by molar-refractivity contribution is -0.459. The van der Waals surface area contributed by atoms with Gasteiger partial charge in [-0.3, -0.25) is 0 Å². The fourth-order valence-electron chi connectivity index (χ4n) is 1.29. The van der Waals surface area contributed by atoms with Crippen LogP contribution in [-0.2, 0) is 4.84 Å². The molecule has 0 radical (unpaired) electrons. The van der Waals surface area contributed by atoms with Crippen molar-refractivity contribution in [3.8, 4) is 9.85 Å². The van der Waals surface area contributed by atoms with Crippen molar-refractivity contribution in [2.45, 2.75) is 19.9 Å². The van der Waals surface area contributed by atoms with E-state index in [0.717, 1.165) is 5.56 Å². The quantitative estimate of drug-likeness (QED) is 0.127. The number of nitrogens with zero attached hydrogens (tertiary/aromatic N) is 3. The van der Waals surface area contributed by atoms with Gasteiger partial charge in [0.05, 0.1) is 5.71 Å². The van der Waals surface area contributed by atoms with Crippen molar-refractivity contribution in [2.24, 2.45) is 10.3 Å². The van der Waals surface area contributed by atoms with E-state index in [1.54, 1.807) is 32.1 Å². The first kappa shape index (κ1) is 18.5. The van der Waals surface area contributed by atoms with Gasteiger partial charge in [0.1, 0.15) is 0 Å². The van der Waals surface area contributed by atoms with Crippen LogP contribution in [0.2, 0.25) is 5.02 Å². The van der Waals surface area contributed by atoms with Gasteiger partial charge in [-0.25, -0.2) is 0 Å². The molecule has 0 N–H and O–H groups in total. The van der Waals surface area contributed by atoms with Crippen LogP contribution >= 0.6 is 34.2 Å². The van der Waals surface area contributed by atoms with Crippen molar-refractivity contribution >= 4 is 46.0 Å². The van der Waals surface area contributed by atoms with Crippen molar-refractivity contribution in [2.75, 3.05) is 6.61 Å². The van der Waals surface area contributed by atoms with E-state index in [-0.39, 0.29) is 12.6 Å². The standard InChI is InChI=1S/C15H15ClIN3O2/c1-12(13(2)19-22-11-3-9-17)18-20(21)10-8-14-4-6-15(16)7-5-14/h4-8,10,12H,11H2,1-2H3/b10-8+,19-13+,20-18?. The fraction of sp³-hybridized carbons (Fsp3) is 0.267. The number of azo groups is 1. The molecule has 0 amide bonds. The Balaban J connectivity index is 2.62. The molecule has 0 aliphatic carbocycles. The lowest BCUT2D eigenvalue weighted by atomic mass is 10.2. The van der Waals surface area contributed by atoms with Crippen LogP contribution in [0, 0.1) is 15.1 Å². The topological polar surface area (TPSA) is 60.0 Å². The number of hydrogen-bond donors (Lipinski definition) is 0. The van der Waals surface area contributed by atoms with Gasteiger partial charge >= 0.3 is 0 Å². The molecule has 0 bridgehead atoms. The molecule has 0 aliphatic heterocycles. The summed E-state index contributed by atoms with van der Waals surface area (Å²) in [4.78, 5) is 5.48. The molecule has 0 fully saturated rings. The number of hydrogen-bond acceptors (Lipinski definition) is 4. The second kappa shape index (κ2) is 10.2. The highest BCUT2D eigenvalue weighted by Gasteiger charge is 2.08. The third-order valence-electron chi connectivity index (χ3n) is 2.57. The van der Waals surface area contributed by atoms with E-state index in [0.29, 0.717) is 15.6 Å². The monoisotopic (exact) mass is 431 g/mol. The predicted molar refractivity (Wildman–Crippen MR) is 96.9 cm³/mol. The molecule has 5 nitrogen and oxygen atoms in total. The van der Waals surface area contributed by atoms with Crippen molar-refractivity contribution < 1.29 is 9.70 Å². The molecule has 1 rings (SSSR count). The van der Waals surface area contributed by atoms with Gasteiger partial charge in [0.15, 0.2) is 12.6 Å². The molecule has 0 saturated carbocycles. The van der Waals surface area contributed by atoms with Gasteiger partial charge in [0, 0.05) is 33.7 Å². The summed E-state index contributed by atoms with van der Waals surface area (Å²) in [7, 11) is 0. The maximum Gasteiger partial charge on any atom is 0.210 e. The maximum atomic E-state index is 11.7. The van der Waals surface area contributed by atoms with Gasteiger partial charge in [-0.2, -0.15) is 0 Å². The van der Waals surface area contributed by atoms with E-state index in [2.05, 4.69) is 20.1 Å². The summed E-state index contributed by atoms with van der Waals surface area (Å²) in [6.07, 6.45) is 2.98. The highest BCUT2D eigenvalue weighted by molar-refractivity contribution is 14.1. The predicted octanol–water partition coefficient (Wildman–Crippen LogP) is 4.45. The van der Waals surface area contributed by atoms with Crippen LogP contribution in [0.1, 0.15) is 19.4 Å². The average molecular weight is 432 g/mol. The Morgan fingerprint density at radius 3 is 2.82 bits per heavy atom. The Kier molecular flexibility index (Phi) is 8.55. The lowest BCUT2D eigenvalue weighted by Crippen LogP contribution is -2.13. The summed E-state index contributed by atoms with van der Waals surface area (Å²) in [5.74, 6) is 2.71. The van der Waals surface area contributed by atoms with Gasteiger partial charge in [0.25, 0.3) is 0 Å². The summed E-state index contributed by atoms with van der Waals surface area (Å²) in [5, 5.41) is 20.1. The Hall–Kier alpha value is -1.59. The zero-order chi connectivity index (χ0) is 16.4. The maximum absolute atomic E-state index is 11.7. The molecule has 1 aromatic carbocycles. The number of hydroxylamine groups is 1. The number of rotatable bonds is 6. The number of benzene rings is 1. The average Bonchev–Trinajstić information content (AvgIpc) is 2.50. The summed E-state index contributed by atoms with van der Waals surface area (Å²) >= 11 is 7.71. The van der Waals surface area contributed by atoms with Crippen LogP contribution in [0.3, 0.4) is 0 Å². The van der Waals surface area contributed by atoms with Crippen molar-refractivity contribution in [3.05, 3.63) is 46.3 Å². The summed E-state index contributed by atoms with van der Waals surface area (Å²) < 4.78 is 2.67. The molecule has 1 aromatic rings. The Morgan fingerprint density at radius 1 is 1.50 bits per heavy atom. The van der Waals surface area contributed by atoms with E-state index >= 15 is 0 Å². The van der Waals surface area contributed by atoms with Crippen molar-refractivity contribution in [1.29, 1.82) is 0 Å². The van der Waals surface area contributed by atoms with Crippen LogP contribution in [0.25, 0.3) is 6.08 Å². The Morgan fingerprint density at radius 2 is 2.18 bits per heavy atom. The minimum Gasteiger partial charge on any atom is -0.595 e. The van der Waals surface area contributed by atoms with Crippen LogP contribution in [0.15, 0.2) is 40.7 Å². The first-order valence-corrected chi connectivity index (χ1v) is 7.84. The lowest BCUT2D eigenvalue weighted by Gasteiger charge is -2.03. The van der Waals surface area contributed by atoms with Crippen LogP contribution in [0.5, 0.6) is 0 Å². The van der Waals surface area contributed by atoms with E-state index in [4.69, 9.17) is 16.4 Å². The van der Waals surface area contributed by atoms with Crippen LogP contribution in [0.4, 0.5) is 0 Å². The molecule has 0 spiro atoms. The summed E-state index contributed by atoms with van der Waals surface area (Å²) in [6, 6.07) is 6.74. The summed E-state index contributed by atoms with van der Waals surface area (Å²) in [6.45, 7) is 3.71. The van der Waals surface area contributed by atoms with E-state index in [9.17, 15) is 5.21 Å². The van der Waals surface area contributed by atoms with Crippen molar-refractivity contribution in [1.82, 2.24) is 0 Å². The zero-order valence-corrected chi connectivity index (χ0v) is 15.1. The molecule has 7 heteroatoms. The molecular weight excluding hydrogens is 417 g/mol. The number of oxime groups is 1. The molecule has 0 aliphatic rings. The van der Waals surface area contributed by atoms with E-state index < -0.39 is 0 Å². The van der Waals surface area contributed by atoms with E-state index in [1.165, 1.54) is 6.20 Å². The highest BCUT2D eigenvalue weighted by Crippen LogP contribution is 2.10. The van der Waals surface area contributed by atoms with Gasteiger partial charge in [-0.05, 0) is 46.5 Å². The van der Waals surface area contributed by atoms with Crippen molar-refractivity contribution in [3.63, 3.8) is 0 Å². The molecule has 1 unspecified atom stereocenters. The second-order valence-corrected chi connectivity index (χ2v) is 5.21. The number of halogens is 2. The zero-order valence-electron chi connectivity index (χ0n) is 12.2. The SMILES string of the molecule is C/C(=N\OCC#CI)C(C)N=[N+]([O-])/C=C/c1ccc(Cl)cc1. The minimum absolute atomic E-state index is 0.213. The largest absolute Gasteiger partial charge is 0.595 e. The first-order chi connectivity index (χ1) is 10.5. The fourth-order valence-corrected chi connectivity index (χ4v) is 1.57. The first-order valence-electron chi connectivity index (χ1n) is 6.38. The van der Waals surface area contributed by atoms with Gasteiger partial charge < -0.3 is 10.0 Å². The van der Waals surface area contributed by atoms with Gasteiger partial charge in [-0.15, -0.1) is 0 Å². The Bertz CT molecular complexity index is 630. The smallest absolute Gasteiger partial charge is 0.210 e. The molecule has 0 saturated heterocycles. The second-order valence-electron chi connectivity index (χ2n) is 4.24.